The minimum Gasteiger partial charge on any atom is -0.457 e. The molecule has 0 unspecified atom stereocenters. The Morgan fingerprint density at radius 1 is 1.12 bits per heavy atom. The lowest BCUT2D eigenvalue weighted by molar-refractivity contribution is 0.0948. The second kappa shape index (κ2) is 6.78. The number of nitrogens with zero attached hydrogens (tertiary/aromatic N) is 2. The van der Waals surface area contributed by atoms with Crippen LogP contribution in [-0.4, -0.2) is 15.3 Å². The standard InChI is InChI=1S/C19H15N3O2S/c23-18(20-12-14-13-22-10-11-25-19(22)21-14)16-8-4-5-9-17(16)24-15-6-2-1-3-7-15/h1-11,13H,12H2,(H,20,23). The van der Waals surface area contributed by atoms with Gasteiger partial charge in [0.25, 0.3) is 5.91 Å². The Morgan fingerprint density at radius 3 is 2.76 bits per heavy atom. The highest BCUT2D eigenvalue weighted by atomic mass is 32.1. The van der Waals surface area contributed by atoms with Gasteiger partial charge in [0, 0.05) is 17.8 Å². The van der Waals surface area contributed by atoms with Gasteiger partial charge in [0.15, 0.2) is 4.96 Å². The van der Waals surface area contributed by atoms with Crippen molar-refractivity contribution in [2.45, 2.75) is 6.54 Å². The van der Waals surface area contributed by atoms with Gasteiger partial charge in [-0.05, 0) is 24.3 Å². The average molecular weight is 349 g/mol. The number of benzene rings is 2. The topological polar surface area (TPSA) is 55.6 Å². The van der Waals surface area contributed by atoms with Crippen LogP contribution in [0.1, 0.15) is 16.1 Å². The fourth-order valence-electron chi connectivity index (χ4n) is 2.49. The Bertz CT molecular complexity index is 979. The van der Waals surface area contributed by atoms with E-state index in [-0.39, 0.29) is 5.91 Å². The zero-order valence-corrected chi connectivity index (χ0v) is 14.1. The molecular weight excluding hydrogens is 334 g/mol. The number of nitrogens with one attached hydrogen (secondary N) is 1. The zero-order valence-electron chi connectivity index (χ0n) is 13.3. The number of fused-ring (bicyclic) bond motifs is 1. The van der Waals surface area contributed by atoms with Crippen LogP contribution in [0.5, 0.6) is 11.5 Å². The third-order valence-corrected chi connectivity index (χ3v) is 4.45. The molecule has 0 saturated carbocycles. The summed E-state index contributed by atoms with van der Waals surface area (Å²) in [5.41, 5.74) is 1.31. The predicted octanol–water partition coefficient (Wildman–Crippen LogP) is 4.12. The molecular formula is C19H15N3O2S. The van der Waals surface area contributed by atoms with Gasteiger partial charge in [-0.2, -0.15) is 0 Å². The molecule has 0 radical (unpaired) electrons. The van der Waals surface area contributed by atoms with Gasteiger partial charge in [-0.1, -0.05) is 30.3 Å². The molecule has 6 heteroatoms. The molecule has 1 N–H and O–H groups in total. The summed E-state index contributed by atoms with van der Waals surface area (Å²) in [6, 6.07) is 16.6. The van der Waals surface area contributed by atoms with Crippen molar-refractivity contribution in [1.29, 1.82) is 0 Å². The molecule has 4 rings (SSSR count). The van der Waals surface area contributed by atoms with Crippen LogP contribution in [0.4, 0.5) is 0 Å². The van der Waals surface area contributed by atoms with Gasteiger partial charge in [0.1, 0.15) is 11.5 Å². The van der Waals surface area contributed by atoms with Gasteiger partial charge in [0.05, 0.1) is 17.8 Å². The quantitative estimate of drug-likeness (QED) is 0.590. The molecule has 2 aromatic carbocycles. The van der Waals surface area contributed by atoms with E-state index in [1.807, 2.05) is 64.6 Å². The van der Waals surface area contributed by atoms with Crippen LogP contribution < -0.4 is 10.1 Å². The van der Waals surface area contributed by atoms with E-state index in [9.17, 15) is 4.79 Å². The largest absolute Gasteiger partial charge is 0.457 e. The molecule has 5 nitrogen and oxygen atoms in total. The molecule has 0 saturated heterocycles. The second-order valence-electron chi connectivity index (χ2n) is 5.42. The lowest BCUT2D eigenvalue weighted by Crippen LogP contribution is -2.23. The third-order valence-electron chi connectivity index (χ3n) is 3.68. The van der Waals surface area contributed by atoms with E-state index in [0.29, 0.717) is 23.6 Å². The molecule has 0 spiro atoms. The number of aromatic nitrogens is 2. The smallest absolute Gasteiger partial charge is 0.255 e. The first-order chi connectivity index (χ1) is 12.3. The number of carbonyl (C=O) groups excluding carboxylic acids is 1. The molecule has 2 heterocycles. The molecule has 25 heavy (non-hydrogen) atoms. The highest BCUT2D eigenvalue weighted by Gasteiger charge is 2.13. The fourth-order valence-corrected chi connectivity index (χ4v) is 3.20. The number of ether oxygens (including phenoxy) is 1. The Balaban J connectivity index is 1.49. The summed E-state index contributed by atoms with van der Waals surface area (Å²) in [7, 11) is 0. The first-order valence-electron chi connectivity index (χ1n) is 7.81. The van der Waals surface area contributed by atoms with Crippen molar-refractivity contribution < 1.29 is 9.53 Å². The van der Waals surface area contributed by atoms with Crippen molar-refractivity contribution in [3.05, 3.63) is 83.6 Å². The van der Waals surface area contributed by atoms with E-state index in [0.717, 1.165) is 10.7 Å². The molecule has 124 valence electrons. The van der Waals surface area contributed by atoms with E-state index in [2.05, 4.69) is 10.3 Å². The van der Waals surface area contributed by atoms with Crippen molar-refractivity contribution in [3.63, 3.8) is 0 Å². The van der Waals surface area contributed by atoms with Gasteiger partial charge in [-0.15, -0.1) is 11.3 Å². The Morgan fingerprint density at radius 2 is 1.92 bits per heavy atom. The number of carbonyl (C=O) groups is 1. The van der Waals surface area contributed by atoms with Crippen LogP contribution in [0.3, 0.4) is 0 Å². The highest BCUT2D eigenvalue weighted by Crippen LogP contribution is 2.25. The summed E-state index contributed by atoms with van der Waals surface area (Å²) in [6.45, 7) is 0.368. The van der Waals surface area contributed by atoms with E-state index in [4.69, 9.17) is 4.74 Å². The van der Waals surface area contributed by atoms with Gasteiger partial charge < -0.3 is 10.1 Å². The molecule has 0 bridgehead atoms. The second-order valence-corrected chi connectivity index (χ2v) is 6.29. The molecule has 4 aromatic rings. The summed E-state index contributed by atoms with van der Waals surface area (Å²) in [5.74, 6) is 1.02. The molecule has 1 amide bonds. The SMILES string of the molecule is O=C(NCc1cn2ccsc2n1)c1ccccc1Oc1ccccc1. The summed E-state index contributed by atoms with van der Waals surface area (Å²) in [5, 5.41) is 4.88. The molecule has 0 fully saturated rings. The molecule has 0 atom stereocenters. The zero-order chi connectivity index (χ0) is 17.1. The Kier molecular flexibility index (Phi) is 4.18. The van der Waals surface area contributed by atoms with Gasteiger partial charge in [0.2, 0.25) is 0 Å². The summed E-state index contributed by atoms with van der Waals surface area (Å²) in [6.07, 6.45) is 3.86. The average Bonchev–Trinajstić information content (AvgIpc) is 3.23. The summed E-state index contributed by atoms with van der Waals surface area (Å²) < 4.78 is 7.78. The first kappa shape index (κ1) is 15.4. The lowest BCUT2D eigenvalue weighted by atomic mass is 10.2. The summed E-state index contributed by atoms with van der Waals surface area (Å²) in [4.78, 5) is 17.9. The van der Waals surface area contributed by atoms with Crippen molar-refractivity contribution in [2.75, 3.05) is 0 Å². The lowest BCUT2D eigenvalue weighted by Gasteiger charge is -2.11. The number of imidazole rings is 1. The summed E-state index contributed by atoms with van der Waals surface area (Å²) >= 11 is 1.56. The van der Waals surface area contributed by atoms with Crippen LogP contribution in [0, 0.1) is 0 Å². The minimum absolute atomic E-state index is 0.192. The van der Waals surface area contributed by atoms with Crippen LogP contribution >= 0.6 is 11.3 Å². The van der Waals surface area contributed by atoms with Crippen LogP contribution in [0.25, 0.3) is 4.96 Å². The monoisotopic (exact) mass is 349 g/mol. The maximum atomic E-state index is 12.6. The predicted molar refractivity (Wildman–Crippen MR) is 97.2 cm³/mol. The molecule has 0 aliphatic heterocycles. The van der Waals surface area contributed by atoms with E-state index in [1.54, 1.807) is 23.5 Å². The highest BCUT2D eigenvalue weighted by molar-refractivity contribution is 7.15. The number of hydrogen-bond acceptors (Lipinski definition) is 4. The van der Waals surface area contributed by atoms with Gasteiger partial charge >= 0.3 is 0 Å². The Hall–Kier alpha value is -3.12. The van der Waals surface area contributed by atoms with Crippen LogP contribution in [0.15, 0.2) is 72.4 Å². The van der Waals surface area contributed by atoms with Gasteiger partial charge in [-0.25, -0.2) is 4.98 Å². The molecule has 0 aliphatic carbocycles. The van der Waals surface area contributed by atoms with Crippen LogP contribution in [0.2, 0.25) is 0 Å². The molecule has 2 aromatic heterocycles. The number of amides is 1. The van der Waals surface area contributed by atoms with E-state index >= 15 is 0 Å². The number of thiazole rings is 1. The van der Waals surface area contributed by atoms with Crippen molar-refractivity contribution in [3.8, 4) is 11.5 Å². The van der Waals surface area contributed by atoms with Crippen LogP contribution in [-0.2, 0) is 6.54 Å². The number of para-hydroxylation sites is 2. The minimum atomic E-state index is -0.192. The van der Waals surface area contributed by atoms with Crippen molar-refractivity contribution in [2.24, 2.45) is 0 Å². The Labute approximate surface area is 148 Å². The number of rotatable bonds is 5. The first-order valence-corrected chi connectivity index (χ1v) is 8.69. The third kappa shape index (κ3) is 3.39. The van der Waals surface area contributed by atoms with Gasteiger partial charge in [-0.3, -0.25) is 9.20 Å². The van der Waals surface area contributed by atoms with E-state index < -0.39 is 0 Å². The van der Waals surface area contributed by atoms with Crippen molar-refractivity contribution in [1.82, 2.24) is 14.7 Å². The maximum absolute atomic E-state index is 12.6. The van der Waals surface area contributed by atoms with Crippen molar-refractivity contribution >= 4 is 22.2 Å². The molecule has 0 aliphatic rings. The fraction of sp³-hybridized carbons (Fsp3) is 0.0526. The van der Waals surface area contributed by atoms with E-state index in [1.165, 1.54) is 0 Å². The normalized spacial score (nSPS) is 10.7. The number of hydrogen-bond donors (Lipinski definition) is 1. The maximum Gasteiger partial charge on any atom is 0.255 e.